The Morgan fingerprint density at radius 2 is 1.04 bits per heavy atom. The van der Waals surface area contributed by atoms with Gasteiger partial charge in [-0.3, -0.25) is 0 Å². The summed E-state index contributed by atoms with van der Waals surface area (Å²) in [7, 11) is -5.78. The summed E-state index contributed by atoms with van der Waals surface area (Å²) in [5.41, 5.74) is 9.63. The molecule has 0 atom stereocenters. The first kappa shape index (κ1) is 23.2. The van der Waals surface area contributed by atoms with Crippen molar-refractivity contribution in [2.45, 2.75) is 78.6 Å². The molecule has 0 aliphatic heterocycles. The zero-order valence-corrected chi connectivity index (χ0v) is 23.2. The molecule has 26 heavy (non-hydrogen) atoms. The van der Waals surface area contributed by atoms with E-state index in [2.05, 4.69) is 114 Å². The van der Waals surface area contributed by atoms with Crippen molar-refractivity contribution in [1.29, 1.82) is 0 Å². The van der Waals surface area contributed by atoms with E-state index in [0.29, 0.717) is 0 Å². The molecular weight excluding hydrogens is 377 g/mol. The van der Waals surface area contributed by atoms with Crippen molar-refractivity contribution in [3.63, 3.8) is 0 Å². The van der Waals surface area contributed by atoms with Crippen molar-refractivity contribution < 1.29 is 0 Å². The minimum Gasteiger partial charge on any atom is -0.127 e. The lowest BCUT2D eigenvalue weighted by molar-refractivity contribution is 1.59. The summed E-state index contributed by atoms with van der Waals surface area (Å²) < 4.78 is 0. The lowest BCUT2D eigenvalue weighted by Crippen LogP contribution is -2.47. The summed E-state index contributed by atoms with van der Waals surface area (Å²) in [6.07, 6.45) is 0. The molecular formula is C22H38Si4. The molecule has 0 saturated heterocycles. The highest BCUT2D eigenvalue weighted by Gasteiger charge is 2.26. The van der Waals surface area contributed by atoms with E-state index in [1.807, 2.05) is 0 Å². The van der Waals surface area contributed by atoms with Gasteiger partial charge in [-0.2, -0.15) is 0 Å². The molecule has 0 N–H and O–H groups in total. The predicted molar refractivity (Wildman–Crippen MR) is 133 cm³/mol. The quantitative estimate of drug-likeness (QED) is 0.459. The van der Waals surface area contributed by atoms with Crippen LogP contribution in [0.1, 0.15) is 11.1 Å². The van der Waals surface area contributed by atoms with E-state index in [1.54, 1.807) is 0 Å². The molecule has 0 fully saturated rings. The van der Waals surface area contributed by atoms with E-state index in [0.717, 1.165) is 0 Å². The molecule has 0 radical (unpaired) electrons. The Morgan fingerprint density at radius 1 is 0.577 bits per heavy atom. The zero-order valence-electron chi connectivity index (χ0n) is 19.2. The molecule has 0 aromatic heterocycles. The molecule has 0 unspecified atom stereocenters. The van der Waals surface area contributed by atoms with Crippen LogP contribution in [0.3, 0.4) is 0 Å². The average molecular weight is 415 g/mol. The van der Waals surface area contributed by atoms with Crippen molar-refractivity contribution in [3.8, 4) is 22.9 Å². The van der Waals surface area contributed by atoms with E-state index in [1.165, 1.54) is 21.5 Å². The zero-order chi connectivity index (χ0) is 20.6. The van der Waals surface area contributed by atoms with Crippen LogP contribution >= 0.6 is 0 Å². The first-order chi connectivity index (χ1) is 11.4. The number of hydrogen-bond acceptors (Lipinski definition) is 0. The minimum absolute atomic E-state index is 1.19. The van der Waals surface area contributed by atoms with Crippen LogP contribution in [0.15, 0.2) is 12.1 Å². The molecule has 0 spiro atoms. The second-order valence-corrected chi connectivity index (χ2v) is 31.1. The Balaban J connectivity index is 3.91. The molecule has 142 valence electrons. The fourth-order valence-corrected chi connectivity index (χ4v) is 6.25. The Hall–Kier alpha value is -0.792. The van der Waals surface area contributed by atoms with Crippen LogP contribution in [0.4, 0.5) is 0 Å². The smallest absolute Gasteiger partial charge is 0.127 e. The number of benzene rings is 1. The SMILES string of the molecule is C[Si](C)(C)C#Cc1cc([Si](C)(C)C)cc([Si](C)(C)C)c1C#C[Si](C)(C)C. The number of hydrogen-bond donors (Lipinski definition) is 0. The highest BCUT2D eigenvalue weighted by molar-refractivity contribution is 6.92. The molecule has 1 aromatic rings. The first-order valence-electron chi connectivity index (χ1n) is 9.65. The van der Waals surface area contributed by atoms with Gasteiger partial charge >= 0.3 is 0 Å². The van der Waals surface area contributed by atoms with Gasteiger partial charge in [0.05, 0.1) is 16.1 Å². The Morgan fingerprint density at radius 3 is 1.42 bits per heavy atom. The highest BCUT2D eigenvalue weighted by Crippen LogP contribution is 2.14. The van der Waals surface area contributed by atoms with Gasteiger partial charge in [-0.1, -0.05) is 102 Å². The van der Waals surface area contributed by atoms with E-state index >= 15 is 0 Å². The monoisotopic (exact) mass is 414 g/mol. The van der Waals surface area contributed by atoms with Gasteiger partial charge in [0.15, 0.2) is 0 Å². The predicted octanol–water partition coefficient (Wildman–Crippen LogP) is 5.23. The lowest BCUT2D eigenvalue weighted by atomic mass is 10.1. The molecule has 0 aliphatic carbocycles. The molecule has 1 rings (SSSR count). The second-order valence-electron chi connectivity index (χ2n) is 11.4. The van der Waals surface area contributed by atoms with Crippen molar-refractivity contribution in [2.75, 3.05) is 0 Å². The van der Waals surface area contributed by atoms with Crippen LogP contribution in [0.2, 0.25) is 78.6 Å². The lowest BCUT2D eigenvalue weighted by Gasteiger charge is -2.25. The Labute approximate surface area is 167 Å². The third-order valence-corrected chi connectivity index (χ3v) is 9.73. The fraction of sp³-hybridized carbons (Fsp3) is 0.545. The second kappa shape index (κ2) is 7.68. The molecule has 4 heteroatoms. The topological polar surface area (TPSA) is 0 Å². The van der Waals surface area contributed by atoms with Gasteiger partial charge in [0.1, 0.15) is 16.1 Å². The van der Waals surface area contributed by atoms with Gasteiger partial charge in [-0.15, -0.1) is 11.1 Å². The van der Waals surface area contributed by atoms with Crippen LogP contribution in [0.25, 0.3) is 0 Å². The largest absolute Gasteiger partial charge is 0.129 e. The Kier molecular flexibility index (Phi) is 6.87. The summed E-state index contributed by atoms with van der Waals surface area (Å²) in [6, 6.07) is 4.86. The van der Waals surface area contributed by atoms with Crippen LogP contribution in [0, 0.1) is 22.9 Å². The third-order valence-electron chi connectivity index (χ3n) is 3.95. The van der Waals surface area contributed by atoms with Crippen LogP contribution in [0.5, 0.6) is 0 Å². The van der Waals surface area contributed by atoms with Gasteiger partial charge < -0.3 is 0 Å². The van der Waals surface area contributed by atoms with Gasteiger partial charge in [-0.05, 0) is 11.3 Å². The van der Waals surface area contributed by atoms with Crippen LogP contribution in [-0.4, -0.2) is 32.3 Å². The van der Waals surface area contributed by atoms with Crippen LogP contribution < -0.4 is 10.4 Å². The molecule has 0 saturated carbocycles. The maximum Gasteiger partial charge on any atom is 0.129 e. The van der Waals surface area contributed by atoms with E-state index < -0.39 is 32.3 Å². The third kappa shape index (κ3) is 7.45. The van der Waals surface area contributed by atoms with E-state index in [9.17, 15) is 0 Å². The number of rotatable bonds is 2. The summed E-state index contributed by atoms with van der Waals surface area (Å²) in [6.45, 7) is 28.5. The maximum atomic E-state index is 3.62. The van der Waals surface area contributed by atoms with Gasteiger partial charge in [0.2, 0.25) is 0 Å². The molecule has 0 heterocycles. The van der Waals surface area contributed by atoms with Crippen molar-refractivity contribution in [3.05, 3.63) is 23.3 Å². The fourth-order valence-electron chi connectivity index (χ4n) is 2.40. The van der Waals surface area contributed by atoms with E-state index in [-0.39, 0.29) is 0 Å². The minimum atomic E-state index is -1.51. The summed E-state index contributed by atoms with van der Waals surface area (Å²) in [4.78, 5) is 0. The van der Waals surface area contributed by atoms with E-state index in [4.69, 9.17) is 0 Å². The van der Waals surface area contributed by atoms with Crippen LogP contribution in [-0.2, 0) is 0 Å². The van der Waals surface area contributed by atoms with Crippen molar-refractivity contribution in [1.82, 2.24) is 0 Å². The summed E-state index contributed by atoms with van der Waals surface area (Å²) in [5.74, 6) is 7.20. The van der Waals surface area contributed by atoms with Crippen molar-refractivity contribution in [2.24, 2.45) is 0 Å². The average Bonchev–Trinajstić information content (AvgIpc) is 2.38. The Bertz CT molecular complexity index is 784. The summed E-state index contributed by atoms with van der Waals surface area (Å²) >= 11 is 0. The first-order valence-corrected chi connectivity index (χ1v) is 23.7. The van der Waals surface area contributed by atoms with Gasteiger partial charge in [0, 0.05) is 11.1 Å². The molecule has 0 bridgehead atoms. The molecule has 0 amide bonds. The molecule has 1 aromatic carbocycles. The summed E-state index contributed by atoms with van der Waals surface area (Å²) in [5, 5.41) is 3.02. The van der Waals surface area contributed by atoms with Gasteiger partial charge in [-0.25, -0.2) is 0 Å². The molecule has 0 nitrogen and oxygen atoms in total. The normalized spacial score (nSPS) is 12.8. The van der Waals surface area contributed by atoms with Crippen molar-refractivity contribution >= 4 is 42.7 Å². The molecule has 0 aliphatic rings. The standard InChI is InChI=1S/C22H38Si4/c1-23(2,3)15-13-19-17-20(25(7,8)9)18-22(26(10,11)12)21(19)14-16-24(4,5)6/h17-18H,1-12H3. The highest BCUT2D eigenvalue weighted by atomic mass is 28.3. The van der Waals surface area contributed by atoms with Gasteiger partial charge in [0.25, 0.3) is 0 Å². The maximum absolute atomic E-state index is 3.62.